The summed E-state index contributed by atoms with van der Waals surface area (Å²) in [6.07, 6.45) is 4.76. The third kappa shape index (κ3) is 3.53. The first-order valence-corrected chi connectivity index (χ1v) is 8.00. The van der Waals surface area contributed by atoms with E-state index in [0.29, 0.717) is 23.9 Å². The van der Waals surface area contributed by atoms with Gasteiger partial charge in [0.25, 0.3) is 0 Å². The summed E-state index contributed by atoms with van der Waals surface area (Å²) in [6.45, 7) is 7.55. The van der Waals surface area contributed by atoms with Crippen LogP contribution >= 0.6 is 0 Å². The van der Waals surface area contributed by atoms with Gasteiger partial charge in [-0.25, -0.2) is 0 Å². The molecule has 2 aliphatic rings. The zero-order valence-electron chi connectivity index (χ0n) is 12.8. The molecular weight excluding hydrogens is 266 g/mol. The number of nitrogens with zero attached hydrogens (tertiary/aromatic N) is 5. The molecule has 7 nitrogen and oxygen atoms in total. The maximum Gasteiger partial charge on any atom is 0.231 e. The summed E-state index contributed by atoms with van der Waals surface area (Å²) in [5.74, 6) is 1.63. The molecule has 116 valence electrons. The first-order chi connectivity index (χ1) is 10.2. The van der Waals surface area contributed by atoms with Crippen LogP contribution in [-0.4, -0.2) is 58.6 Å². The van der Waals surface area contributed by atoms with E-state index >= 15 is 0 Å². The first kappa shape index (κ1) is 14.3. The van der Waals surface area contributed by atoms with Gasteiger partial charge in [0, 0.05) is 25.7 Å². The number of anilines is 3. The molecule has 0 radical (unpaired) electrons. The molecule has 21 heavy (non-hydrogen) atoms. The van der Waals surface area contributed by atoms with Gasteiger partial charge in [0.15, 0.2) is 0 Å². The normalized spacial score (nSPS) is 23.5. The molecule has 1 unspecified atom stereocenters. The quantitative estimate of drug-likeness (QED) is 0.854. The van der Waals surface area contributed by atoms with Crippen LogP contribution in [0.5, 0.6) is 0 Å². The Morgan fingerprint density at radius 2 is 1.95 bits per heavy atom. The Hall–Kier alpha value is -1.63. The molecule has 0 saturated carbocycles. The van der Waals surface area contributed by atoms with Crippen molar-refractivity contribution in [3.63, 3.8) is 0 Å². The van der Waals surface area contributed by atoms with Crippen LogP contribution in [0.1, 0.15) is 32.6 Å². The van der Waals surface area contributed by atoms with Gasteiger partial charge in [-0.1, -0.05) is 6.92 Å². The Bertz CT molecular complexity index is 472. The molecule has 2 aliphatic heterocycles. The van der Waals surface area contributed by atoms with Crippen molar-refractivity contribution in [2.75, 3.05) is 48.7 Å². The highest BCUT2D eigenvalue weighted by molar-refractivity contribution is 5.43. The second-order valence-electron chi connectivity index (χ2n) is 5.89. The molecule has 0 bridgehead atoms. The minimum atomic E-state index is 0.303. The number of nitrogens with one attached hydrogen (secondary N) is 1. The van der Waals surface area contributed by atoms with Crippen LogP contribution in [0.25, 0.3) is 0 Å². The molecule has 3 rings (SSSR count). The lowest BCUT2D eigenvalue weighted by Crippen LogP contribution is -2.42. The molecule has 2 saturated heterocycles. The number of likely N-dealkylation sites (N-methyl/N-ethyl adjacent to an activating group) is 1. The maximum atomic E-state index is 5.85. The number of nitrogen functional groups attached to an aromatic ring is 1. The highest BCUT2D eigenvalue weighted by Crippen LogP contribution is 2.19. The molecule has 3 heterocycles. The second-order valence-corrected chi connectivity index (χ2v) is 5.89. The molecule has 2 fully saturated rings. The lowest BCUT2D eigenvalue weighted by Gasteiger charge is -2.32. The van der Waals surface area contributed by atoms with Crippen LogP contribution in [-0.2, 0) is 0 Å². The molecule has 1 aromatic heterocycles. The number of nitrogens with two attached hydrogens (primary N) is 1. The number of likely N-dealkylation sites (tertiary alicyclic amines) is 1. The van der Waals surface area contributed by atoms with E-state index in [9.17, 15) is 0 Å². The number of aromatic nitrogens is 3. The third-order valence-electron chi connectivity index (χ3n) is 4.32. The van der Waals surface area contributed by atoms with E-state index in [0.717, 1.165) is 32.6 Å². The van der Waals surface area contributed by atoms with Crippen LogP contribution < -0.4 is 16.0 Å². The van der Waals surface area contributed by atoms with E-state index in [4.69, 9.17) is 5.73 Å². The molecule has 0 aromatic carbocycles. The molecule has 0 aliphatic carbocycles. The Labute approximate surface area is 126 Å². The van der Waals surface area contributed by atoms with Crippen molar-refractivity contribution in [1.82, 2.24) is 19.9 Å². The summed E-state index contributed by atoms with van der Waals surface area (Å²) in [7, 11) is 0. The number of rotatable bonds is 4. The van der Waals surface area contributed by atoms with Crippen molar-refractivity contribution in [1.29, 1.82) is 0 Å². The molecule has 0 amide bonds. The van der Waals surface area contributed by atoms with E-state index < -0.39 is 0 Å². The lowest BCUT2D eigenvalue weighted by molar-refractivity contribution is 0.226. The predicted octanol–water partition coefficient (Wildman–Crippen LogP) is 0.950. The Morgan fingerprint density at radius 1 is 1.14 bits per heavy atom. The second kappa shape index (κ2) is 6.43. The minimum Gasteiger partial charge on any atom is -0.368 e. The smallest absolute Gasteiger partial charge is 0.231 e. The van der Waals surface area contributed by atoms with Crippen molar-refractivity contribution >= 4 is 17.8 Å². The molecule has 0 spiro atoms. The largest absolute Gasteiger partial charge is 0.368 e. The van der Waals surface area contributed by atoms with Gasteiger partial charge in [-0.3, -0.25) is 0 Å². The predicted molar refractivity (Wildman–Crippen MR) is 84.4 cm³/mol. The van der Waals surface area contributed by atoms with Gasteiger partial charge < -0.3 is 20.9 Å². The van der Waals surface area contributed by atoms with Crippen molar-refractivity contribution < 1.29 is 0 Å². The van der Waals surface area contributed by atoms with Gasteiger partial charge in [0.05, 0.1) is 0 Å². The number of hydrogen-bond acceptors (Lipinski definition) is 7. The van der Waals surface area contributed by atoms with E-state index in [1.165, 1.54) is 25.8 Å². The summed E-state index contributed by atoms with van der Waals surface area (Å²) in [5.41, 5.74) is 5.85. The summed E-state index contributed by atoms with van der Waals surface area (Å²) in [6, 6.07) is 0.395. The first-order valence-electron chi connectivity index (χ1n) is 8.00. The van der Waals surface area contributed by atoms with Gasteiger partial charge >= 0.3 is 0 Å². The van der Waals surface area contributed by atoms with Crippen LogP contribution in [0.2, 0.25) is 0 Å². The molecule has 1 atom stereocenters. The summed E-state index contributed by atoms with van der Waals surface area (Å²) in [5, 5.41) is 3.44. The molecule has 7 heteroatoms. The standard InChI is InChI=1S/C14H25N7/c1-2-20-7-5-6-11(10-20)16-13-17-12(15)18-14(19-13)21-8-3-4-9-21/h11H,2-10H2,1H3,(H3,15,16,17,18,19). The molecule has 3 N–H and O–H groups in total. The average Bonchev–Trinajstić information content (AvgIpc) is 3.01. The topological polar surface area (TPSA) is 83.2 Å². The van der Waals surface area contributed by atoms with E-state index in [1.807, 2.05) is 0 Å². The minimum absolute atomic E-state index is 0.303. The lowest BCUT2D eigenvalue weighted by atomic mass is 10.1. The fraction of sp³-hybridized carbons (Fsp3) is 0.786. The van der Waals surface area contributed by atoms with E-state index in [1.54, 1.807) is 0 Å². The van der Waals surface area contributed by atoms with Crippen LogP contribution in [0.3, 0.4) is 0 Å². The average molecular weight is 291 g/mol. The monoisotopic (exact) mass is 291 g/mol. The Kier molecular flexibility index (Phi) is 4.38. The van der Waals surface area contributed by atoms with Gasteiger partial charge in [-0.2, -0.15) is 15.0 Å². The van der Waals surface area contributed by atoms with Crippen molar-refractivity contribution in [3.05, 3.63) is 0 Å². The van der Waals surface area contributed by atoms with Gasteiger partial charge in [-0.05, 0) is 38.8 Å². The molecule has 1 aromatic rings. The number of piperidine rings is 1. The van der Waals surface area contributed by atoms with E-state index in [-0.39, 0.29) is 0 Å². The Morgan fingerprint density at radius 3 is 2.71 bits per heavy atom. The maximum absolute atomic E-state index is 5.85. The fourth-order valence-electron chi connectivity index (χ4n) is 3.15. The summed E-state index contributed by atoms with van der Waals surface area (Å²) in [4.78, 5) is 17.7. The van der Waals surface area contributed by atoms with Crippen LogP contribution in [0, 0.1) is 0 Å². The highest BCUT2D eigenvalue weighted by atomic mass is 15.3. The summed E-state index contributed by atoms with van der Waals surface area (Å²) < 4.78 is 0. The summed E-state index contributed by atoms with van der Waals surface area (Å²) >= 11 is 0. The van der Waals surface area contributed by atoms with Crippen molar-refractivity contribution in [3.8, 4) is 0 Å². The third-order valence-corrected chi connectivity index (χ3v) is 4.32. The van der Waals surface area contributed by atoms with E-state index in [2.05, 4.69) is 37.0 Å². The highest BCUT2D eigenvalue weighted by Gasteiger charge is 2.21. The SMILES string of the molecule is CCN1CCCC(Nc2nc(N)nc(N3CCCC3)n2)C1. The van der Waals surface area contributed by atoms with Crippen LogP contribution in [0.15, 0.2) is 0 Å². The van der Waals surface area contributed by atoms with Gasteiger partial charge in [0.2, 0.25) is 17.8 Å². The zero-order chi connectivity index (χ0) is 14.7. The number of hydrogen-bond donors (Lipinski definition) is 2. The van der Waals surface area contributed by atoms with Crippen molar-refractivity contribution in [2.45, 2.75) is 38.6 Å². The van der Waals surface area contributed by atoms with Gasteiger partial charge in [-0.15, -0.1) is 0 Å². The van der Waals surface area contributed by atoms with Gasteiger partial charge in [0.1, 0.15) is 0 Å². The van der Waals surface area contributed by atoms with Crippen LogP contribution in [0.4, 0.5) is 17.8 Å². The molecular formula is C14H25N7. The van der Waals surface area contributed by atoms with Crippen molar-refractivity contribution in [2.24, 2.45) is 0 Å². The Balaban J connectivity index is 1.69. The fourth-order valence-corrected chi connectivity index (χ4v) is 3.15. The zero-order valence-corrected chi connectivity index (χ0v) is 12.8.